The Morgan fingerprint density at radius 1 is 1.78 bits per heavy atom. The van der Waals surface area contributed by atoms with Gasteiger partial charge in [-0.05, 0) is 0 Å². The first-order valence-electron chi connectivity index (χ1n) is 2.65. The summed E-state index contributed by atoms with van der Waals surface area (Å²) in [6, 6.07) is 0. The number of carbonyl (C=O) groups excluding carboxylic acids is 1. The van der Waals surface area contributed by atoms with Gasteiger partial charge in [-0.3, -0.25) is 4.79 Å². The molecule has 0 radical (unpaired) electrons. The molecular formula is C5H10ClNOS. The van der Waals surface area contributed by atoms with Gasteiger partial charge in [-0.1, -0.05) is 0 Å². The van der Waals surface area contributed by atoms with Crippen molar-refractivity contribution in [2.75, 3.05) is 24.4 Å². The summed E-state index contributed by atoms with van der Waals surface area (Å²) in [6.45, 7) is 0. The predicted octanol–water partition coefficient (Wildman–Crippen LogP) is 0.704. The third-order valence-electron chi connectivity index (χ3n) is 0.733. The Morgan fingerprint density at radius 2 is 2.44 bits per heavy atom. The zero-order chi connectivity index (χ0) is 7.11. The molecule has 0 aromatic heterocycles. The van der Waals surface area contributed by atoms with Crippen LogP contribution < -0.4 is 5.32 Å². The summed E-state index contributed by atoms with van der Waals surface area (Å²) in [5, 5.41) is 2.52. The highest BCUT2D eigenvalue weighted by molar-refractivity contribution is 8.00. The minimum absolute atomic E-state index is 0.0603. The number of hydrogen-bond acceptors (Lipinski definition) is 2. The summed E-state index contributed by atoms with van der Waals surface area (Å²) >= 11 is 6.92. The van der Waals surface area contributed by atoms with Crippen molar-refractivity contribution >= 4 is 29.3 Å². The van der Waals surface area contributed by atoms with Gasteiger partial charge in [0.05, 0.1) is 5.75 Å². The minimum atomic E-state index is 0.0603. The quantitative estimate of drug-likeness (QED) is 0.494. The standard InChI is InChI=1S/C5H10ClNOS/c1-7-5(8)4-9-3-2-6/h2-4H2,1H3,(H,7,8). The van der Waals surface area contributed by atoms with Crippen LogP contribution in [0, 0.1) is 0 Å². The number of amides is 1. The van der Waals surface area contributed by atoms with E-state index in [-0.39, 0.29) is 5.91 Å². The zero-order valence-electron chi connectivity index (χ0n) is 5.32. The maximum absolute atomic E-state index is 10.5. The molecule has 0 rings (SSSR count). The van der Waals surface area contributed by atoms with Crippen LogP contribution in [0.4, 0.5) is 0 Å². The summed E-state index contributed by atoms with van der Waals surface area (Å²) in [6.07, 6.45) is 0. The van der Waals surface area contributed by atoms with Crippen LogP contribution in [0.3, 0.4) is 0 Å². The van der Waals surface area contributed by atoms with Crippen LogP contribution in [-0.4, -0.2) is 30.3 Å². The molecule has 4 heteroatoms. The van der Waals surface area contributed by atoms with Gasteiger partial charge in [0, 0.05) is 18.7 Å². The summed E-state index contributed by atoms with van der Waals surface area (Å²) in [4.78, 5) is 10.5. The van der Waals surface area contributed by atoms with Crippen LogP contribution in [-0.2, 0) is 4.79 Å². The smallest absolute Gasteiger partial charge is 0.229 e. The summed E-state index contributed by atoms with van der Waals surface area (Å²) in [5.74, 6) is 2.03. The Kier molecular flexibility index (Phi) is 6.31. The van der Waals surface area contributed by atoms with E-state index in [4.69, 9.17) is 11.6 Å². The molecule has 0 aliphatic rings. The van der Waals surface area contributed by atoms with Crippen molar-refractivity contribution in [2.24, 2.45) is 0 Å². The second-order valence-electron chi connectivity index (χ2n) is 1.41. The van der Waals surface area contributed by atoms with E-state index in [0.717, 1.165) is 5.75 Å². The van der Waals surface area contributed by atoms with Crippen molar-refractivity contribution in [3.8, 4) is 0 Å². The molecule has 0 fully saturated rings. The molecule has 0 spiro atoms. The van der Waals surface area contributed by atoms with Crippen molar-refractivity contribution in [3.05, 3.63) is 0 Å². The van der Waals surface area contributed by atoms with Crippen LogP contribution in [0.1, 0.15) is 0 Å². The molecule has 0 bridgehead atoms. The number of carbonyl (C=O) groups is 1. The van der Waals surface area contributed by atoms with Crippen molar-refractivity contribution in [2.45, 2.75) is 0 Å². The van der Waals surface area contributed by atoms with Crippen molar-refractivity contribution in [1.82, 2.24) is 5.32 Å². The van der Waals surface area contributed by atoms with Crippen LogP contribution in [0.15, 0.2) is 0 Å². The lowest BCUT2D eigenvalue weighted by Crippen LogP contribution is -2.20. The van der Waals surface area contributed by atoms with E-state index in [1.807, 2.05) is 0 Å². The predicted molar refractivity (Wildman–Crippen MR) is 42.1 cm³/mol. The minimum Gasteiger partial charge on any atom is -0.358 e. The Labute approximate surface area is 64.3 Å². The molecule has 0 saturated carbocycles. The van der Waals surface area contributed by atoms with E-state index < -0.39 is 0 Å². The van der Waals surface area contributed by atoms with E-state index >= 15 is 0 Å². The van der Waals surface area contributed by atoms with Crippen molar-refractivity contribution in [1.29, 1.82) is 0 Å². The van der Waals surface area contributed by atoms with Gasteiger partial charge in [-0.2, -0.15) is 11.8 Å². The molecule has 0 aromatic carbocycles. The molecule has 54 valence electrons. The highest BCUT2D eigenvalue weighted by Gasteiger charge is 1.94. The van der Waals surface area contributed by atoms with E-state index in [1.54, 1.807) is 18.8 Å². The SMILES string of the molecule is CNC(=O)CSCCCl. The number of alkyl halides is 1. The second-order valence-corrected chi connectivity index (χ2v) is 2.90. The highest BCUT2D eigenvalue weighted by atomic mass is 35.5. The Balaban J connectivity index is 2.97. The van der Waals surface area contributed by atoms with Gasteiger partial charge < -0.3 is 5.32 Å². The Bertz CT molecular complexity index is 89.0. The summed E-state index contributed by atoms with van der Waals surface area (Å²) in [7, 11) is 1.63. The van der Waals surface area contributed by atoms with Crippen LogP contribution in [0.2, 0.25) is 0 Å². The molecular weight excluding hydrogens is 158 g/mol. The van der Waals surface area contributed by atoms with Crippen molar-refractivity contribution < 1.29 is 4.79 Å². The average Bonchev–Trinajstić information content (AvgIpc) is 1.89. The summed E-state index contributed by atoms with van der Waals surface area (Å²) < 4.78 is 0. The van der Waals surface area contributed by atoms with E-state index in [0.29, 0.717) is 11.6 Å². The molecule has 9 heavy (non-hydrogen) atoms. The van der Waals surface area contributed by atoms with Gasteiger partial charge >= 0.3 is 0 Å². The Hall–Kier alpha value is 0.110. The number of rotatable bonds is 4. The number of thioether (sulfide) groups is 1. The van der Waals surface area contributed by atoms with Crippen LogP contribution in [0.5, 0.6) is 0 Å². The fourth-order valence-corrected chi connectivity index (χ4v) is 1.20. The number of halogens is 1. The molecule has 0 heterocycles. The van der Waals surface area contributed by atoms with Gasteiger partial charge in [0.2, 0.25) is 5.91 Å². The van der Waals surface area contributed by atoms with Crippen LogP contribution in [0.25, 0.3) is 0 Å². The van der Waals surface area contributed by atoms with Gasteiger partial charge in [0.15, 0.2) is 0 Å². The first-order valence-corrected chi connectivity index (χ1v) is 4.34. The molecule has 0 aromatic rings. The Morgan fingerprint density at radius 3 is 2.89 bits per heavy atom. The first-order chi connectivity index (χ1) is 4.31. The average molecular weight is 168 g/mol. The second kappa shape index (κ2) is 6.23. The third-order valence-corrected chi connectivity index (χ3v) is 2.11. The molecule has 0 atom stereocenters. The lowest BCUT2D eigenvalue weighted by Gasteiger charge is -1.95. The molecule has 1 amide bonds. The van der Waals surface area contributed by atoms with E-state index in [9.17, 15) is 4.79 Å². The first kappa shape index (κ1) is 9.11. The highest BCUT2D eigenvalue weighted by Crippen LogP contribution is 1.98. The lowest BCUT2D eigenvalue weighted by atomic mass is 10.7. The topological polar surface area (TPSA) is 29.1 Å². The molecule has 0 unspecified atom stereocenters. The maximum atomic E-state index is 10.5. The molecule has 0 aliphatic heterocycles. The van der Waals surface area contributed by atoms with E-state index in [1.165, 1.54) is 0 Å². The maximum Gasteiger partial charge on any atom is 0.229 e. The zero-order valence-corrected chi connectivity index (χ0v) is 6.89. The van der Waals surface area contributed by atoms with Gasteiger partial charge in [0.1, 0.15) is 0 Å². The van der Waals surface area contributed by atoms with Gasteiger partial charge in [0.25, 0.3) is 0 Å². The molecule has 0 saturated heterocycles. The monoisotopic (exact) mass is 167 g/mol. The fraction of sp³-hybridized carbons (Fsp3) is 0.800. The van der Waals surface area contributed by atoms with Crippen molar-refractivity contribution in [3.63, 3.8) is 0 Å². The summed E-state index contributed by atoms with van der Waals surface area (Å²) in [5.41, 5.74) is 0. The van der Waals surface area contributed by atoms with Crippen LogP contribution >= 0.6 is 23.4 Å². The normalized spacial score (nSPS) is 9.11. The third kappa shape index (κ3) is 5.99. The lowest BCUT2D eigenvalue weighted by molar-refractivity contribution is -0.118. The molecule has 0 aliphatic carbocycles. The van der Waals surface area contributed by atoms with Gasteiger partial charge in [-0.25, -0.2) is 0 Å². The largest absolute Gasteiger partial charge is 0.358 e. The molecule has 1 N–H and O–H groups in total. The van der Waals surface area contributed by atoms with E-state index in [2.05, 4.69) is 5.32 Å². The number of nitrogens with one attached hydrogen (secondary N) is 1. The van der Waals surface area contributed by atoms with Gasteiger partial charge in [-0.15, -0.1) is 11.6 Å². The molecule has 2 nitrogen and oxygen atoms in total. The fourth-order valence-electron chi connectivity index (χ4n) is 0.292. The number of hydrogen-bond donors (Lipinski definition) is 1.